The van der Waals surface area contributed by atoms with Crippen LogP contribution in [0.5, 0.6) is 0 Å². The molecule has 0 saturated carbocycles. The van der Waals surface area contributed by atoms with E-state index < -0.39 is 26.6 Å². The van der Waals surface area contributed by atoms with Gasteiger partial charge in [0.05, 0.1) is 0 Å². The zero-order valence-electron chi connectivity index (χ0n) is 12.2. The van der Waals surface area contributed by atoms with Crippen LogP contribution in [0.25, 0.3) is 11.1 Å². The highest BCUT2D eigenvalue weighted by atomic mass is 32.2. The maximum atomic E-state index is 13.5. The van der Waals surface area contributed by atoms with E-state index in [9.17, 15) is 26.5 Å². The summed E-state index contributed by atoms with van der Waals surface area (Å²) in [7, 11) is -4.63. The van der Waals surface area contributed by atoms with Gasteiger partial charge in [0.1, 0.15) is 16.5 Å². The summed E-state index contributed by atoms with van der Waals surface area (Å²) in [6.07, 6.45) is 0. The van der Waals surface area contributed by atoms with Crippen molar-refractivity contribution in [2.24, 2.45) is 0 Å². The molecule has 9 heteroatoms. The summed E-state index contributed by atoms with van der Waals surface area (Å²) in [6.45, 7) is 0.782. The molecule has 2 amide bonds. The third-order valence-electron chi connectivity index (χ3n) is 3.58. The van der Waals surface area contributed by atoms with Crippen molar-refractivity contribution in [1.82, 2.24) is 5.32 Å². The number of urea groups is 1. The van der Waals surface area contributed by atoms with E-state index in [-0.39, 0.29) is 17.2 Å². The van der Waals surface area contributed by atoms with Crippen LogP contribution in [0.4, 0.5) is 19.3 Å². The smallest absolute Gasteiger partial charge is 0.321 e. The van der Waals surface area contributed by atoms with Gasteiger partial charge in [-0.1, -0.05) is 0 Å². The van der Waals surface area contributed by atoms with Crippen LogP contribution in [0.15, 0.2) is 41.3 Å². The second kappa shape index (κ2) is 5.84. The Morgan fingerprint density at radius 2 is 1.75 bits per heavy atom. The van der Waals surface area contributed by atoms with Crippen molar-refractivity contribution in [2.45, 2.75) is 4.90 Å². The Labute approximate surface area is 136 Å². The molecule has 0 unspecified atom stereocenters. The average Bonchev–Trinajstić information content (AvgIpc) is 2.91. The number of halogens is 2. The lowest BCUT2D eigenvalue weighted by atomic mass is 10.0. The molecule has 1 fully saturated rings. The summed E-state index contributed by atoms with van der Waals surface area (Å²) in [4.78, 5) is 12.6. The van der Waals surface area contributed by atoms with Gasteiger partial charge >= 0.3 is 6.03 Å². The maximum Gasteiger partial charge on any atom is 0.321 e. The van der Waals surface area contributed by atoms with Gasteiger partial charge in [0, 0.05) is 30.4 Å². The third-order valence-corrected chi connectivity index (χ3v) is 4.49. The molecule has 0 spiro atoms. The Balaban J connectivity index is 2.22. The lowest BCUT2D eigenvalue weighted by Crippen LogP contribution is -2.27. The van der Waals surface area contributed by atoms with Crippen LogP contribution in [0.1, 0.15) is 0 Å². The zero-order valence-corrected chi connectivity index (χ0v) is 13.0. The van der Waals surface area contributed by atoms with E-state index in [4.69, 9.17) is 0 Å². The Morgan fingerprint density at radius 1 is 1.08 bits per heavy atom. The van der Waals surface area contributed by atoms with Crippen molar-refractivity contribution in [3.05, 3.63) is 48.0 Å². The maximum absolute atomic E-state index is 13.5. The minimum atomic E-state index is -4.63. The van der Waals surface area contributed by atoms with Crippen molar-refractivity contribution in [3.63, 3.8) is 0 Å². The quantitative estimate of drug-likeness (QED) is 0.829. The summed E-state index contributed by atoms with van der Waals surface area (Å²) in [5.74, 6) is -1.79. The van der Waals surface area contributed by atoms with Crippen molar-refractivity contribution >= 4 is 21.8 Å². The van der Waals surface area contributed by atoms with Gasteiger partial charge in [0.2, 0.25) is 0 Å². The van der Waals surface area contributed by atoms with Crippen LogP contribution in [0.2, 0.25) is 0 Å². The van der Waals surface area contributed by atoms with Gasteiger partial charge in [-0.15, -0.1) is 0 Å². The molecule has 0 bridgehead atoms. The summed E-state index contributed by atoms with van der Waals surface area (Å²) in [5, 5.41) is 2.59. The number of carbonyl (C=O) groups is 1. The topological polar surface area (TPSA) is 86.7 Å². The lowest BCUT2D eigenvalue weighted by molar-refractivity contribution is 0.252. The fraction of sp³-hybridized carbons (Fsp3) is 0.133. The van der Waals surface area contributed by atoms with E-state index in [0.717, 1.165) is 18.2 Å². The van der Waals surface area contributed by atoms with Gasteiger partial charge in [-0.2, -0.15) is 8.42 Å². The second-order valence-corrected chi connectivity index (χ2v) is 6.59. The molecule has 2 N–H and O–H groups in total. The highest BCUT2D eigenvalue weighted by Gasteiger charge is 2.24. The summed E-state index contributed by atoms with van der Waals surface area (Å²) in [5.41, 5.74) is 0.173. The molecule has 1 saturated heterocycles. The molecule has 1 aliphatic heterocycles. The third kappa shape index (κ3) is 3.08. The second-order valence-electron chi connectivity index (χ2n) is 5.20. The minimum Gasteiger partial charge on any atom is -0.336 e. The fourth-order valence-electron chi connectivity index (χ4n) is 2.56. The average molecular weight is 354 g/mol. The van der Waals surface area contributed by atoms with Gasteiger partial charge in [0.25, 0.3) is 10.1 Å². The molecule has 1 aliphatic rings. The van der Waals surface area contributed by atoms with E-state index >= 15 is 0 Å². The Hall–Kier alpha value is -2.52. The molecule has 126 valence electrons. The van der Waals surface area contributed by atoms with Gasteiger partial charge in [-0.25, -0.2) is 13.6 Å². The first kappa shape index (κ1) is 16.3. The Bertz CT molecular complexity index is 911. The minimum absolute atomic E-state index is 0.0680. The van der Waals surface area contributed by atoms with Gasteiger partial charge in [-0.3, -0.25) is 9.45 Å². The molecule has 0 radical (unpaired) electrons. The Morgan fingerprint density at radius 3 is 2.29 bits per heavy atom. The van der Waals surface area contributed by atoms with E-state index in [1.54, 1.807) is 0 Å². The van der Waals surface area contributed by atoms with Crippen molar-refractivity contribution in [2.75, 3.05) is 18.0 Å². The summed E-state index contributed by atoms with van der Waals surface area (Å²) >= 11 is 0. The zero-order chi connectivity index (χ0) is 17.5. The number of anilines is 1. The first-order valence-electron chi connectivity index (χ1n) is 6.89. The fourth-order valence-corrected chi connectivity index (χ4v) is 3.26. The molecule has 0 atom stereocenters. The molecule has 3 rings (SSSR count). The van der Waals surface area contributed by atoms with Crippen molar-refractivity contribution in [3.8, 4) is 11.1 Å². The van der Waals surface area contributed by atoms with Crippen molar-refractivity contribution < 1.29 is 26.5 Å². The number of rotatable bonds is 3. The van der Waals surface area contributed by atoms with Crippen LogP contribution < -0.4 is 10.2 Å². The molecule has 24 heavy (non-hydrogen) atoms. The predicted molar refractivity (Wildman–Crippen MR) is 82.4 cm³/mol. The number of carbonyl (C=O) groups excluding carboxylic acids is 1. The number of hydrogen-bond acceptors (Lipinski definition) is 3. The molecule has 1 heterocycles. The van der Waals surface area contributed by atoms with Crippen LogP contribution in [0, 0.1) is 11.6 Å². The normalized spacial score (nSPS) is 14.8. The molecular formula is C15H12F2N2O4S. The van der Waals surface area contributed by atoms with Gasteiger partial charge in [0.15, 0.2) is 0 Å². The van der Waals surface area contributed by atoms with Crippen LogP contribution in [0.3, 0.4) is 0 Å². The highest BCUT2D eigenvalue weighted by molar-refractivity contribution is 7.86. The van der Waals surface area contributed by atoms with Gasteiger partial charge in [-0.05, 0) is 35.9 Å². The van der Waals surface area contributed by atoms with E-state index in [1.807, 2.05) is 0 Å². The largest absolute Gasteiger partial charge is 0.336 e. The number of nitrogens with one attached hydrogen (secondary N) is 1. The number of benzene rings is 2. The van der Waals surface area contributed by atoms with E-state index in [2.05, 4.69) is 5.32 Å². The number of hydrogen-bond donors (Lipinski definition) is 2. The molecule has 0 aliphatic carbocycles. The lowest BCUT2D eigenvalue weighted by Gasteiger charge is -2.17. The van der Waals surface area contributed by atoms with Crippen LogP contribution in [-0.4, -0.2) is 32.1 Å². The Kier molecular flexibility index (Phi) is 3.98. The standard InChI is InChI=1S/C15H12F2N2O4S/c16-10-5-9(6-11(17)7-10)13-8-12(19-4-3-18-15(19)20)1-2-14(13)24(21,22)23/h1-2,5-8H,3-4H2,(H,18,20)(H,21,22,23). The SMILES string of the molecule is O=C1NCCN1c1ccc(S(=O)(=O)O)c(-c2cc(F)cc(F)c2)c1. The van der Waals surface area contributed by atoms with E-state index in [1.165, 1.54) is 17.0 Å². The molecule has 6 nitrogen and oxygen atoms in total. The number of amides is 2. The monoisotopic (exact) mass is 354 g/mol. The first-order chi connectivity index (χ1) is 11.3. The van der Waals surface area contributed by atoms with Gasteiger partial charge < -0.3 is 5.32 Å². The molecule has 2 aromatic carbocycles. The number of nitrogens with zero attached hydrogens (tertiary/aromatic N) is 1. The van der Waals surface area contributed by atoms with Crippen molar-refractivity contribution in [1.29, 1.82) is 0 Å². The van der Waals surface area contributed by atoms with E-state index in [0.29, 0.717) is 24.8 Å². The summed E-state index contributed by atoms with van der Waals surface area (Å²) < 4.78 is 59.5. The first-order valence-corrected chi connectivity index (χ1v) is 8.33. The highest BCUT2D eigenvalue weighted by Crippen LogP contribution is 2.33. The summed E-state index contributed by atoms with van der Waals surface area (Å²) in [6, 6.07) is 5.89. The molecular weight excluding hydrogens is 342 g/mol. The predicted octanol–water partition coefficient (Wildman–Crippen LogP) is 2.41. The molecule has 2 aromatic rings. The molecule has 0 aromatic heterocycles. The van der Waals surface area contributed by atoms with Crippen LogP contribution >= 0.6 is 0 Å². The van der Waals surface area contributed by atoms with Crippen LogP contribution in [-0.2, 0) is 10.1 Å².